The molecule has 50 heavy (non-hydrogen) atoms. The minimum atomic E-state index is -0.571. The Labute approximate surface area is 299 Å². The Morgan fingerprint density at radius 2 is 1.56 bits per heavy atom. The first-order chi connectivity index (χ1) is 24.4. The molecule has 0 radical (unpaired) electrons. The first kappa shape index (κ1) is 37.1. The molecule has 1 heterocycles. The van der Waals surface area contributed by atoms with Crippen LogP contribution in [0.4, 0.5) is 0 Å². The van der Waals surface area contributed by atoms with Crippen molar-refractivity contribution in [2.75, 3.05) is 19.4 Å². The maximum Gasteiger partial charge on any atom is 0.220 e. The highest BCUT2D eigenvalue weighted by atomic mass is 32.2. The summed E-state index contributed by atoms with van der Waals surface area (Å²) in [5.74, 6) is 1.63. The number of rotatable bonds is 16. The molecule has 4 atom stereocenters. The third-order valence-electron chi connectivity index (χ3n) is 9.04. The number of hydrogen-bond acceptors (Lipinski definition) is 7. The number of ether oxygens (including phenoxy) is 3. The standard InChI is InChI=1S/C41H48N2O6S/c1-28-37(27-50-38-14-9-8-13-36(38)47-3)48-41(49-40(28)32-18-16-30(26-44)17-19-32)33-22-20-31(21-23-33)35-12-7-6-11-34(35)25-43-39(46)15-5-4-10-24-42-29(2)45/h6-9,11-14,16-23,28,37,40-41,44H,4-5,10,15,24-27H2,1-3H3,(H,42,45)(H,43,46). The predicted molar refractivity (Wildman–Crippen MR) is 198 cm³/mol. The molecule has 3 N–H and O–H groups in total. The van der Waals surface area contributed by atoms with Gasteiger partial charge in [0.05, 0.1) is 25.9 Å². The number of aliphatic hydroxyl groups excluding tert-OH is 1. The molecule has 0 bridgehead atoms. The number of methoxy groups -OCH3 is 1. The van der Waals surface area contributed by atoms with E-state index >= 15 is 0 Å². The number of amides is 2. The molecular formula is C41H48N2O6S. The third-order valence-corrected chi connectivity index (χ3v) is 10.2. The minimum Gasteiger partial charge on any atom is -0.496 e. The Morgan fingerprint density at radius 3 is 2.30 bits per heavy atom. The fourth-order valence-corrected chi connectivity index (χ4v) is 7.32. The van der Waals surface area contributed by atoms with Gasteiger partial charge in [-0.2, -0.15) is 0 Å². The molecule has 0 aromatic heterocycles. The van der Waals surface area contributed by atoms with Gasteiger partial charge in [0.1, 0.15) is 5.75 Å². The van der Waals surface area contributed by atoms with Crippen molar-refractivity contribution in [2.24, 2.45) is 5.92 Å². The van der Waals surface area contributed by atoms with Gasteiger partial charge < -0.3 is 30.0 Å². The van der Waals surface area contributed by atoms with Gasteiger partial charge in [0.2, 0.25) is 11.8 Å². The van der Waals surface area contributed by atoms with Crippen molar-refractivity contribution in [3.8, 4) is 16.9 Å². The highest BCUT2D eigenvalue weighted by Gasteiger charge is 2.38. The molecule has 5 rings (SSSR count). The van der Waals surface area contributed by atoms with Gasteiger partial charge in [-0.25, -0.2) is 0 Å². The van der Waals surface area contributed by atoms with Crippen LogP contribution in [0.15, 0.2) is 102 Å². The molecule has 4 aromatic rings. The monoisotopic (exact) mass is 696 g/mol. The Balaban J connectivity index is 1.27. The second-order valence-corrected chi connectivity index (χ2v) is 13.7. The molecule has 2 amide bonds. The topological polar surface area (TPSA) is 106 Å². The minimum absolute atomic E-state index is 0.00472. The zero-order chi connectivity index (χ0) is 35.3. The highest BCUT2D eigenvalue weighted by Crippen LogP contribution is 2.44. The Morgan fingerprint density at radius 1 is 0.840 bits per heavy atom. The Hall–Kier alpha value is -4.15. The lowest BCUT2D eigenvalue weighted by Gasteiger charge is -2.41. The van der Waals surface area contributed by atoms with Gasteiger partial charge in [-0.1, -0.05) is 98.3 Å². The Kier molecular flexibility index (Phi) is 13.9. The summed E-state index contributed by atoms with van der Waals surface area (Å²) in [5, 5.41) is 15.5. The van der Waals surface area contributed by atoms with Gasteiger partial charge in [-0.15, -0.1) is 11.8 Å². The summed E-state index contributed by atoms with van der Waals surface area (Å²) in [7, 11) is 1.69. The van der Waals surface area contributed by atoms with Crippen molar-refractivity contribution in [3.05, 3.63) is 119 Å². The van der Waals surface area contributed by atoms with Crippen LogP contribution in [0.2, 0.25) is 0 Å². The third kappa shape index (κ3) is 10.2. The van der Waals surface area contributed by atoms with Gasteiger partial charge in [0.25, 0.3) is 0 Å². The van der Waals surface area contributed by atoms with E-state index in [0.29, 0.717) is 19.5 Å². The zero-order valence-electron chi connectivity index (χ0n) is 29.1. The number of carbonyl (C=O) groups is 2. The number of unbranched alkanes of at least 4 members (excludes halogenated alkanes) is 2. The van der Waals surface area contributed by atoms with E-state index in [2.05, 4.69) is 54.0 Å². The number of carbonyl (C=O) groups excluding carboxylic acids is 2. The van der Waals surface area contributed by atoms with Gasteiger partial charge in [0.15, 0.2) is 6.29 Å². The van der Waals surface area contributed by atoms with Crippen LogP contribution in [0.25, 0.3) is 11.1 Å². The molecule has 4 unspecified atom stereocenters. The molecule has 1 saturated heterocycles. The summed E-state index contributed by atoms with van der Waals surface area (Å²) in [4.78, 5) is 24.6. The number of nitrogens with one attached hydrogen (secondary N) is 2. The van der Waals surface area contributed by atoms with Crippen LogP contribution >= 0.6 is 11.8 Å². The van der Waals surface area contributed by atoms with E-state index in [1.807, 2.05) is 60.7 Å². The van der Waals surface area contributed by atoms with Crippen molar-refractivity contribution in [3.63, 3.8) is 0 Å². The van der Waals surface area contributed by atoms with Crippen LogP contribution in [-0.2, 0) is 32.2 Å². The van der Waals surface area contributed by atoms with E-state index in [4.69, 9.17) is 14.2 Å². The number of aliphatic hydroxyl groups is 1. The summed E-state index contributed by atoms with van der Waals surface area (Å²) >= 11 is 1.72. The predicted octanol–water partition coefficient (Wildman–Crippen LogP) is 7.75. The summed E-state index contributed by atoms with van der Waals surface area (Å²) < 4.78 is 19.0. The van der Waals surface area contributed by atoms with Crippen LogP contribution < -0.4 is 15.4 Å². The zero-order valence-corrected chi connectivity index (χ0v) is 29.9. The van der Waals surface area contributed by atoms with E-state index in [0.717, 1.165) is 69.0 Å². The summed E-state index contributed by atoms with van der Waals surface area (Å²) in [6, 6.07) is 32.4. The molecule has 8 nitrogen and oxygen atoms in total. The van der Waals surface area contributed by atoms with Gasteiger partial charge in [0, 0.05) is 48.6 Å². The molecule has 264 valence electrons. The van der Waals surface area contributed by atoms with Crippen LogP contribution in [0.3, 0.4) is 0 Å². The largest absolute Gasteiger partial charge is 0.496 e. The number of thioether (sulfide) groups is 1. The van der Waals surface area contributed by atoms with Crippen LogP contribution in [-0.4, -0.2) is 42.4 Å². The normalized spacial score (nSPS) is 18.7. The van der Waals surface area contributed by atoms with E-state index in [1.54, 1.807) is 18.9 Å². The van der Waals surface area contributed by atoms with Crippen molar-refractivity contribution in [1.82, 2.24) is 10.6 Å². The lowest BCUT2D eigenvalue weighted by Crippen LogP contribution is -2.38. The molecule has 4 aromatic carbocycles. The van der Waals surface area contributed by atoms with E-state index in [-0.39, 0.29) is 36.5 Å². The number of benzene rings is 4. The first-order valence-corrected chi connectivity index (χ1v) is 18.3. The second kappa shape index (κ2) is 18.7. The maximum absolute atomic E-state index is 12.6. The average molecular weight is 697 g/mol. The molecule has 1 aliphatic rings. The maximum atomic E-state index is 12.6. The molecule has 0 aliphatic carbocycles. The molecule has 9 heteroatoms. The SMILES string of the molecule is COc1ccccc1SCC1OC(c2ccc(-c3ccccc3CNC(=O)CCCCCNC(C)=O)cc2)OC(c2ccc(CO)cc2)C1C. The molecule has 1 fully saturated rings. The van der Waals surface area contributed by atoms with Crippen LogP contribution in [0.1, 0.15) is 74.2 Å². The lowest BCUT2D eigenvalue weighted by atomic mass is 9.91. The first-order valence-electron chi connectivity index (χ1n) is 17.3. The van der Waals surface area contributed by atoms with Gasteiger partial charge in [-0.3, -0.25) is 9.59 Å². The molecule has 0 saturated carbocycles. The van der Waals surface area contributed by atoms with E-state index in [9.17, 15) is 14.7 Å². The Bertz CT molecular complexity index is 1680. The van der Waals surface area contributed by atoms with Gasteiger partial charge in [-0.05, 0) is 52.8 Å². The fourth-order valence-electron chi connectivity index (χ4n) is 6.13. The molecular weight excluding hydrogens is 649 g/mol. The van der Waals surface area contributed by atoms with Crippen molar-refractivity contribution >= 4 is 23.6 Å². The average Bonchev–Trinajstić information content (AvgIpc) is 3.15. The number of para-hydroxylation sites is 1. The van der Waals surface area contributed by atoms with Gasteiger partial charge >= 0.3 is 0 Å². The molecule has 1 aliphatic heterocycles. The smallest absolute Gasteiger partial charge is 0.220 e. The van der Waals surface area contributed by atoms with Crippen LogP contribution in [0, 0.1) is 5.92 Å². The van der Waals surface area contributed by atoms with E-state index in [1.165, 1.54) is 6.92 Å². The lowest BCUT2D eigenvalue weighted by molar-refractivity contribution is -0.268. The van der Waals surface area contributed by atoms with Crippen molar-refractivity contribution in [1.29, 1.82) is 0 Å². The van der Waals surface area contributed by atoms with Crippen LogP contribution in [0.5, 0.6) is 5.75 Å². The van der Waals surface area contributed by atoms with Crippen molar-refractivity contribution in [2.45, 2.75) is 76.1 Å². The fraction of sp³-hybridized carbons (Fsp3) is 0.366. The molecule has 0 spiro atoms. The summed E-state index contributed by atoms with van der Waals surface area (Å²) in [6.07, 6.45) is 2.12. The van der Waals surface area contributed by atoms with E-state index < -0.39 is 6.29 Å². The summed E-state index contributed by atoms with van der Waals surface area (Å²) in [6.45, 7) is 4.76. The van der Waals surface area contributed by atoms with Crippen molar-refractivity contribution < 1.29 is 28.9 Å². The highest BCUT2D eigenvalue weighted by molar-refractivity contribution is 7.99. The summed E-state index contributed by atoms with van der Waals surface area (Å²) in [5.41, 5.74) is 5.97. The quantitative estimate of drug-likeness (QED) is 0.0813. The second-order valence-electron chi connectivity index (χ2n) is 12.6. The number of hydrogen-bond donors (Lipinski definition) is 3.